The van der Waals surface area contributed by atoms with E-state index >= 15 is 0 Å². The highest BCUT2D eigenvalue weighted by molar-refractivity contribution is 5.47. The summed E-state index contributed by atoms with van der Waals surface area (Å²) in [6.07, 6.45) is -0.837. The summed E-state index contributed by atoms with van der Waals surface area (Å²) in [5, 5.41) is 9.53. The van der Waals surface area contributed by atoms with Gasteiger partial charge in [0, 0.05) is 12.5 Å². The van der Waals surface area contributed by atoms with Crippen molar-refractivity contribution < 1.29 is 18.6 Å². The molecule has 0 amide bonds. The SMILES string of the molecule is COc1c(C(C)O)cc(C)cc1C(C)(F)F. The van der Waals surface area contributed by atoms with Crippen LogP contribution in [0, 0.1) is 6.92 Å². The van der Waals surface area contributed by atoms with Gasteiger partial charge in [-0.15, -0.1) is 0 Å². The number of benzene rings is 1. The average Bonchev–Trinajstić information content (AvgIpc) is 2.14. The van der Waals surface area contributed by atoms with E-state index in [1.54, 1.807) is 13.0 Å². The van der Waals surface area contributed by atoms with Crippen molar-refractivity contribution in [3.63, 3.8) is 0 Å². The largest absolute Gasteiger partial charge is 0.496 e. The van der Waals surface area contributed by atoms with Gasteiger partial charge >= 0.3 is 0 Å². The summed E-state index contributed by atoms with van der Waals surface area (Å²) in [5.41, 5.74) is 0.873. The van der Waals surface area contributed by atoms with Gasteiger partial charge in [-0.1, -0.05) is 0 Å². The minimum atomic E-state index is -2.99. The summed E-state index contributed by atoms with van der Waals surface area (Å²) in [6, 6.07) is 3.03. The molecular formula is C12H16F2O2. The van der Waals surface area contributed by atoms with Gasteiger partial charge in [0.25, 0.3) is 5.92 Å². The molecule has 0 saturated carbocycles. The van der Waals surface area contributed by atoms with Crippen molar-refractivity contribution in [1.29, 1.82) is 0 Å². The van der Waals surface area contributed by atoms with E-state index in [2.05, 4.69) is 0 Å². The standard InChI is InChI=1S/C12H16F2O2/c1-7-5-9(8(2)15)11(16-4)10(6-7)12(3,13)14/h5-6,8,15H,1-4H3. The molecule has 1 unspecified atom stereocenters. The summed E-state index contributed by atoms with van der Waals surface area (Å²) in [4.78, 5) is 0. The third-order valence-corrected chi connectivity index (χ3v) is 2.39. The molecule has 1 atom stereocenters. The van der Waals surface area contributed by atoms with Gasteiger partial charge in [0.2, 0.25) is 0 Å². The van der Waals surface area contributed by atoms with Crippen LogP contribution in [-0.2, 0) is 5.92 Å². The molecule has 0 aliphatic heterocycles. The number of aryl methyl sites for hydroxylation is 1. The Morgan fingerprint density at radius 1 is 1.38 bits per heavy atom. The lowest BCUT2D eigenvalue weighted by Gasteiger charge is -2.20. The Bertz CT molecular complexity index is 381. The molecule has 0 saturated heterocycles. The number of ether oxygens (including phenoxy) is 1. The first-order valence-corrected chi connectivity index (χ1v) is 5.02. The molecule has 0 spiro atoms. The van der Waals surface area contributed by atoms with Gasteiger partial charge < -0.3 is 9.84 Å². The van der Waals surface area contributed by atoms with E-state index in [1.807, 2.05) is 0 Å². The highest BCUT2D eigenvalue weighted by Gasteiger charge is 2.30. The fourth-order valence-electron chi connectivity index (χ4n) is 1.67. The molecule has 4 heteroatoms. The normalized spacial score (nSPS) is 13.7. The molecular weight excluding hydrogens is 214 g/mol. The van der Waals surface area contributed by atoms with E-state index in [0.717, 1.165) is 6.92 Å². The van der Waals surface area contributed by atoms with Crippen LogP contribution in [0.25, 0.3) is 0 Å². The Hall–Kier alpha value is -1.16. The quantitative estimate of drug-likeness (QED) is 0.864. The number of aliphatic hydroxyl groups excluding tert-OH is 1. The van der Waals surface area contributed by atoms with E-state index in [-0.39, 0.29) is 11.3 Å². The number of rotatable bonds is 3. The molecule has 90 valence electrons. The Labute approximate surface area is 93.9 Å². The molecule has 1 aromatic carbocycles. The van der Waals surface area contributed by atoms with Gasteiger partial charge in [-0.2, -0.15) is 0 Å². The molecule has 2 nitrogen and oxygen atoms in total. The topological polar surface area (TPSA) is 29.5 Å². The van der Waals surface area contributed by atoms with E-state index in [1.165, 1.54) is 20.1 Å². The van der Waals surface area contributed by atoms with Gasteiger partial charge in [-0.25, -0.2) is 8.78 Å². The van der Waals surface area contributed by atoms with Crippen LogP contribution in [-0.4, -0.2) is 12.2 Å². The first kappa shape index (κ1) is 12.9. The molecule has 1 aromatic rings. The minimum absolute atomic E-state index is 0.0631. The maximum Gasteiger partial charge on any atom is 0.274 e. The molecule has 0 aliphatic rings. The maximum absolute atomic E-state index is 13.4. The van der Waals surface area contributed by atoms with Gasteiger partial charge in [-0.05, 0) is 31.5 Å². The molecule has 0 aliphatic carbocycles. The number of hydrogen-bond acceptors (Lipinski definition) is 2. The van der Waals surface area contributed by atoms with Gasteiger partial charge in [0.1, 0.15) is 5.75 Å². The Kier molecular flexibility index (Phi) is 3.53. The van der Waals surface area contributed by atoms with Crippen molar-refractivity contribution in [3.05, 3.63) is 28.8 Å². The molecule has 0 radical (unpaired) electrons. The van der Waals surface area contributed by atoms with Crippen LogP contribution >= 0.6 is 0 Å². The van der Waals surface area contributed by atoms with Gasteiger partial charge in [0.05, 0.1) is 18.8 Å². The van der Waals surface area contributed by atoms with E-state index in [4.69, 9.17) is 4.74 Å². The van der Waals surface area contributed by atoms with Crippen LogP contribution in [0.2, 0.25) is 0 Å². The van der Waals surface area contributed by atoms with Crippen molar-refractivity contribution in [2.24, 2.45) is 0 Å². The van der Waals surface area contributed by atoms with Crippen molar-refractivity contribution in [2.75, 3.05) is 7.11 Å². The summed E-state index contributed by atoms with van der Waals surface area (Å²) in [6.45, 7) is 4.05. The Morgan fingerprint density at radius 2 is 1.94 bits per heavy atom. The van der Waals surface area contributed by atoms with Crippen LogP contribution in [0.4, 0.5) is 8.78 Å². The summed E-state index contributed by atoms with van der Waals surface area (Å²) >= 11 is 0. The monoisotopic (exact) mass is 230 g/mol. The zero-order valence-electron chi connectivity index (χ0n) is 9.84. The number of aliphatic hydroxyl groups is 1. The first-order valence-electron chi connectivity index (χ1n) is 5.02. The zero-order chi connectivity index (χ0) is 12.5. The molecule has 16 heavy (non-hydrogen) atoms. The van der Waals surface area contributed by atoms with Crippen LogP contribution in [0.1, 0.15) is 36.6 Å². The number of methoxy groups -OCH3 is 1. The first-order chi connectivity index (χ1) is 7.27. The third-order valence-electron chi connectivity index (χ3n) is 2.39. The van der Waals surface area contributed by atoms with Crippen LogP contribution in [0.15, 0.2) is 12.1 Å². The summed E-state index contributed by atoms with van der Waals surface area (Å²) < 4.78 is 31.7. The number of halogens is 2. The summed E-state index contributed by atoms with van der Waals surface area (Å²) in [5.74, 6) is -2.92. The Morgan fingerprint density at radius 3 is 2.31 bits per heavy atom. The predicted molar refractivity (Wildman–Crippen MR) is 57.9 cm³/mol. The third kappa shape index (κ3) is 2.50. The smallest absolute Gasteiger partial charge is 0.274 e. The minimum Gasteiger partial charge on any atom is -0.496 e. The molecule has 0 heterocycles. The fraction of sp³-hybridized carbons (Fsp3) is 0.500. The molecule has 0 aromatic heterocycles. The van der Waals surface area contributed by atoms with E-state index in [0.29, 0.717) is 11.1 Å². The second kappa shape index (κ2) is 4.37. The van der Waals surface area contributed by atoms with Crippen LogP contribution in [0.3, 0.4) is 0 Å². The summed E-state index contributed by atoms with van der Waals surface area (Å²) in [7, 11) is 1.33. The lowest BCUT2D eigenvalue weighted by atomic mass is 9.98. The maximum atomic E-state index is 13.4. The average molecular weight is 230 g/mol. The van der Waals surface area contributed by atoms with Gasteiger partial charge in [-0.3, -0.25) is 0 Å². The van der Waals surface area contributed by atoms with Crippen molar-refractivity contribution >= 4 is 0 Å². The van der Waals surface area contributed by atoms with Crippen molar-refractivity contribution in [3.8, 4) is 5.75 Å². The van der Waals surface area contributed by atoms with Gasteiger partial charge in [0.15, 0.2) is 0 Å². The highest BCUT2D eigenvalue weighted by Crippen LogP contribution is 2.39. The highest BCUT2D eigenvalue weighted by atomic mass is 19.3. The molecule has 0 fully saturated rings. The fourth-order valence-corrected chi connectivity index (χ4v) is 1.67. The molecule has 1 N–H and O–H groups in total. The van der Waals surface area contributed by atoms with Crippen molar-refractivity contribution in [1.82, 2.24) is 0 Å². The lowest BCUT2D eigenvalue weighted by molar-refractivity contribution is 0.0146. The second-order valence-corrected chi connectivity index (χ2v) is 4.00. The number of alkyl halides is 2. The molecule has 1 rings (SSSR count). The number of hydrogen-bond donors (Lipinski definition) is 1. The lowest BCUT2D eigenvalue weighted by Crippen LogP contribution is -2.12. The predicted octanol–water partition coefficient (Wildman–Crippen LogP) is 3.17. The second-order valence-electron chi connectivity index (χ2n) is 4.00. The molecule has 0 bridgehead atoms. The van der Waals surface area contributed by atoms with E-state index < -0.39 is 12.0 Å². The zero-order valence-corrected chi connectivity index (χ0v) is 9.84. The van der Waals surface area contributed by atoms with Crippen LogP contribution < -0.4 is 4.74 Å². The van der Waals surface area contributed by atoms with Crippen LogP contribution in [0.5, 0.6) is 5.75 Å². The Balaban J connectivity index is 3.49. The van der Waals surface area contributed by atoms with Crippen molar-refractivity contribution in [2.45, 2.75) is 32.8 Å². The van der Waals surface area contributed by atoms with E-state index in [9.17, 15) is 13.9 Å².